The molecule has 1 aromatic heterocycles. The predicted octanol–water partition coefficient (Wildman–Crippen LogP) is 0.985. The van der Waals surface area contributed by atoms with Gasteiger partial charge in [0.1, 0.15) is 12.2 Å². The van der Waals surface area contributed by atoms with E-state index in [4.69, 9.17) is 4.74 Å². The van der Waals surface area contributed by atoms with Crippen molar-refractivity contribution in [1.29, 1.82) is 0 Å². The summed E-state index contributed by atoms with van der Waals surface area (Å²) >= 11 is 0. The molecule has 0 bridgehead atoms. The van der Waals surface area contributed by atoms with Crippen molar-refractivity contribution in [3.05, 3.63) is 12.2 Å². The van der Waals surface area contributed by atoms with Gasteiger partial charge in [0.05, 0.1) is 11.9 Å². The van der Waals surface area contributed by atoms with Crippen molar-refractivity contribution < 1.29 is 13.2 Å². The van der Waals surface area contributed by atoms with Crippen LogP contribution in [-0.2, 0) is 14.8 Å². The molecule has 0 amide bonds. The van der Waals surface area contributed by atoms with Crippen molar-refractivity contribution in [2.45, 2.75) is 38.7 Å². The van der Waals surface area contributed by atoms with Crippen molar-refractivity contribution in [3.8, 4) is 0 Å². The Kier molecular flexibility index (Phi) is 5.34. The van der Waals surface area contributed by atoms with Gasteiger partial charge in [0.2, 0.25) is 10.0 Å². The first kappa shape index (κ1) is 16.4. The number of nitrogens with one attached hydrogen (secondary N) is 1. The second-order valence-corrected chi connectivity index (χ2v) is 7.88. The Bertz CT molecular complexity index is 530. The molecule has 1 N–H and O–H groups in total. The molecule has 7 nitrogen and oxygen atoms in total. The van der Waals surface area contributed by atoms with Gasteiger partial charge in [0.25, 0.3) is 0 Å². The quantitative estimate of drug-likeness (QED) is 0.845. The zero-order valence-electron chi connectivity index (χ0n) is 12.8. The lowest BCUT2D eigenvalue weighted by atomic mass is 9.99. The van der Waals surface area contributed by atoms with Crippen LogP contribution in [0.15, 0.2) is 6.33 Å². The molecule has 1 aromatic rings. The van der Waals surface area contributed by atoms with Crippen LogP contribution >= 0.6 is 0 Å². The standard InChI is InChI=1S/C13H24N4O3S/c1-10(2)12(20-3)8-21(18,19)17-6-4-5-11(7-17)13-14-9-15-16-13/h9-12H,4-8H2,1-3H3,(H,14,15,16). The molecule has 0 spiro atoms. The Morgan fingerprint density at radius 3 is 2.86 bits per heavy atom. The largest absolute Gasteiger partial charge is 0.380 e. The molecule has 8 heteroatoms. The Balaban J connectivity index is 2.05. The van der Waals surface area contributed by atoms with Crippen LogP contribution in [0, 0.1) is 5.92 Å². The summed E-state index contributed by atoms with van der Waals surface area (Å²) in [7, 11) is -1.75. The highest BCUT2D eigenvalue weighted by atomic mass is 32.2. The SMILES string of the molecule is COC(CS(=O)(=O)N1CCCC(c2ncn[nH]2)C1)C(C)C. The Morgan fingerprint density at radius 1 is 1.52 bits per heavy atom. The number of hydrogen-bond acceptors (Lipinski definition) is 5. The van der Waals surface area contributed by atoms with Gasteiger partial charge in [-0.25, -0.2) is 17.7 Å². The van der Waals surface area contributed by atoms with Gasteiger partial charge in [0.15, 0.2) is 0 Å². The highest BCUT2D eigenvalue weighted by Crippen LogP contribution is 2.26. The fourth-order valence-electron chi connectivity index (χ4n) is 2.68. The summed E-state index contributed by atoms with van der Waals surface area (Å²) in [6.45, 7) is 4.97. The first-order chi connectivity index (χ1) is 9.94. The highest BCUT2D eigenvalue weighted by Gasteiger charge is 2.33. The molecule has 0 aromatic carbocycles. The number of ether oxygens (including phenoxy) is 1. The first-order valence-electron chi connectivity index (χ1n) is 7.30. The number of sulfonamides is 1. The van der Waals surface area contributed by atoms with Crippen LogP contribution in [0.2, 0.25) is 0 Å². The maximum absolute atomic E-state index is 12.6. The zero-order chi connectivity index (χ0) is 15.5. The van der Waals surface area contributed by atoms with Gasteiger partial charge in [-0.3, -0.25) is 5.10 Å². The van der Waals surface area contributed by atoms with Crippen molar-refractivity contribution >= 4 is 10.0 Å². The van der Waals surface area contributed by atoms with Crippen molar-refractivity contribution in [2.75, 3.05) is 26.0 Å². The van der Waals surface area contributed by atoms with Gasteiger partial charge in [-0.15, -0.1) is 0 Å². The average molecular weight is 316 g/mol. The number of piperidine rings is 1. The molecule has 2 rings (SSSR count). The normalized spacial score (nSPS) is 22.6. The fraction of sp³-hybridized carbons (Fsp3) is 0.846. The average Bonchev–Trinajstić information content (AvgIpc) is 2.99. The maximum Gasteiger partial charge on any atom is 0.216 e. The summed E-state index contributed by atoms with van der Waals surface area (Å²) in [5.41, 5.74) is 0. The van der Waals surface area contributed by atoms with E-state index in [1.807, 2.05) is 13.8 Å². The molecule has 120 valence electrons. The molecule has 0 saturated carbocycles. The number of methoxy groups -OCH3 is 1. The minimum Gasteiger partial charge on any atom is -0.380 e. The van der Waals surface area contributed by atoms with Crippen LogP contribution < -0.4 is 0 Å². The molecule has 21 heavy (non-hydrogen) atoms. The van der Waals surface area contributed by atoms with Gasteiger partial charge < -0.3 is 4.74 Å². The van der Waals surface area contributed by atoms with E-state index >= 15 is 0 Å². The third-order valence-corrected chi connectivity index (χ3v) is 5.89. The van der Waals surface area contributed by atoms with E-state index in [0.29, 0.717) is 13.1 Å². The van der Waals surface area contributed by atoms with Gasteiger partial charge >= 0.3 is 0 Å². The molecule has 2 heterocycles. The number of aromatic amines is 1. The van der Waals surface area contributed by atoms with Crippen LogP contribution in [0.5, 0.6) is 0 Å². The minimum absolute atomic E-state index is 0.0320. The smallest absolute Gasteiger partial charge is 0.216 e. The van der Waals surface area contributed by atoms with E-state index in [9.17, 15) is 8.42 Å². The minimum atomic E-state index is -3.32. The Hall–Kier alpha value is -0.990. The van der Waals surface area contributed by atoms with Gasteiger partial charge in [-0.2, -0.15) is 5.10 Å². The summed E-state index contributed by atoms with van der Waals surface area (Å²) in [5.74, 6) is 1.06. The van der Waals surface area contributed by atoms with Crippen LogP contribution in [0.4, 0.5) is 0 Å². The maximum atomic E-state index is 12.6. The van der Waals surface area contributed by atoms with Crippen molar-refractivity contribution in [3.63, 3.8) is 0 Å². The molecule has 0 radical (unpaired) electrons. The third kappa shape index (κ3) is 4.02. The summed E-state index contributed by atoms with van der Waals surface area (Å²) in [6, 6.07) is 0. The van der Waals surface area contributed by atoms with Crippen molar-refractivity contribution in [2.24, 2.45) is 5.92 Å². The predicted molar refractivity (Wildman–Crippen MR) is 79.4 cm³/mol. The summed E-state index contributed by atoms with van der Waals surface area (Å²) in [4.78, 5) is 4.15. The lowest BCUT2D eigenvalue weighted by Crippen LogP contribution is -2.43. The first-order valence-corrected chi connectivity index (χ1v) is 8.91. The summed E-state index contributed by atoms with van der Waals surface area (Å²) in [6.07, 6.45) is 2.95. The second-order valence-electron chi connectivity index (χ2n) is 5.86. The van der Waals surface area contributed by atoms with E-state index in [1.165, 1.54) is 6.33 Å². The third-order valence-electron chi connectivity index (χ3n) is 4.02. The van der Waals surface area contributed by atoms with Gasteiger partial charge in [-0.05, 0) is 18.8 Å². The van der Waals surface area contributed by atoms with E-state index < -0.39 is 10.0 Å². The van der Waals surface area contributed by atoms with Gasteiger partial charge in [-0.1, -0.05) is 13.8 Å². The topological polar surface area (TPSA) is 88.2 Å². The number of rotatable bonds is 6. The van der Waals surface area contributed by atoms with E-state index in [2.05, 4.69) is 15.2 Å². The molecular formula is C13H24N4O3S. The lowest BCUT2D eigenvalue weighted by molar-refractivity contribution is 0.0815. The van der Waals surface area contributed by atoms with E-state index in [0.717, 1.165) is 18.7 Å². The number of hydrogen-bond donors (Lipinski definition) is 1. The van der Waals surface area contributed by atoms with Crippen LogP contribution in [-0.4, -0.2) is 60.0 Å². The van der Waals surface area contributed by atoms with Crippen molar-refractivity contribution in [1.82, 2.24) is 19.5 Å². The number of aromatic nitrogens is 3. The molecular weight excluding hydrogens is 292 g/mol. The fourth-order valence-corrected chi connectivity index (χ4v) is 4.64. The molecule has 0 aliphatic carbocycles. The highest BCUT2D eigenvalue weighted by molar-refractivity contribution is 7.89. The lowest BCUT2D eigenvalue weighted by Gasteiger charge is -2.32. The number of nitrogens with zero attached hydrogens (tertiary/aromatic N) is 3. The molecule has 1 saturated heterocycles. The molecule has 1 aliphatic heterocycles. The summed E-state index contributed by atoms with van der Waals surface area (Å²) < 4.78 is 32.0. The van der Waals surface area contributed by atoms with E-state index in [-0.39, 0.29) is 23.7 Å². The Morgan fingerprint density at radius 2 is 2.29 bits per heavy atom. The van der Waals surface area contributed by atoms with Gasteiger partial charge in [0, 0.05) is 26.1 Å². The van der Waals surface area contributed by atoms with Crippen LogP contribution in [0.1, 0.15) is 38.4 Å². The molecule has 2 atom stereocenters. The molecule has 1 aliphatic rings. The number of H-pyrrole nitrogens is 1. The Labute approximate surface area is 126 Å². The van der Waals surface area contributed by atoms with Crippen LogP contribution in [0.25, 0.3) is 0 Å². The molecule has 2 unspecified atom stereocenters. The zero-order valence-corrected chi connectivity index (χ0v) is 13.6. The van der Waals surface area contributed by atoms with E-state index in [1.54, 1.807) is 11.4 Å². The van der Waals surface area contributed by atoms with Crippen LogP contribution in [0.3, 0.4) is 0 Å². The second kappa shape index (κ2) is 6.85. The summed E-state index contributed by atoms with van der Waals surface area (Å²) in [5, 5.41) is 6.69. The molecule has 1 fully saturated rings. The monoisotopic (exact) mass is 316 g/mol.